The van der Waals surface area contributed by atoms with Crippen LogP contribution in [0.2, 0.25) is 0 Å². The van der Waals surface area contributed by atoms with Crippen LogP contribution in [0.3, 0.4) is 0 Å². The number of fused-ring (bicyclic) bond motifs is 2. The largest absolute Gasteiger partial charge is 0.390 e. The highest BCUT2D eigenvalue weighted by Crippen LogP contribution is 2.73. The summed E-state index contributed by atoms with van der Waals surface area (Å²) in [6, 6.07) is 14.2. The number of nitrogens with one attached hydrogen (secondary N) is 1. The summed E-state index contributed by atoms with van der Waals surface area (Å²) in [6.45, 7) is 12.5. The minimum atomic E-state index is -0.944. The molecule has 4 aliphatic rings. The number of anilines is 1. The SMILES string of the molecule is Cc1nc(C2C3(c4nc5c(C)cc(N6CCC(C)C6)cn5n4)CC2(C(C)(C)O)CO3)n[nH]1.c1ccccc1. The fraction of sp³-hybridized carbons (Fsp3) is 0.517. The maximum atomic E-state index is 11.1. The minimum Gasteiger partial charge on any atom is -0.390 e. The molecule has 3 saturated heterocycles. The zero-order valence-corrected chi connectivity index (χ0v) is 22.8. The van der Waals surface area contributed by atoms with E-state index in [0.29, 0.717) is 30.6 Å². The Bertz CT molecular complexity index is 1420. The number of aromatic amines is 1. The molecule has 4 unspecified atom stereocenters. The van der Waals surface area contributed by atoms with Crippen molar-refractivity contribution >= 4 is 11.3 Å². The zero-order chi connectivity index (χ0) is 26.7. The molecule has 1 aromatic carbocycles. The first-order valence-corrected chi connectivity index (χ1v) is 13.5. The molecule has 200 valence electrons. The Morgan fingerprint density at radius 3 is 2.39 bits per heavy atom. The number of nitrogens with zero attached hydrogens (tertiary/aromatic N) is 6. The number of hydrogen-bond acceptors (Lipinski definition) is 7. The van der Waals surface area contributed by atoms with Gasteiger partial charge in [-0.15, -0.1) is 5.10 Å². The molecular weight excluding hydrogens is 478 g/mol. The first-order chi connectivity index (χ1) is 18.1. The molecule has 4 aromatic rings. The second kappa shape index (κ2) is 8.88. The summed E-state index contributed by atoms with van der Waals surface area (Å²) in [7, 11) is 0. The van der Waals surface area contributed by atoms with Crippen molar-refractivity contribution in [3.63, 3.8) is 0 Å². The number of aliphatic hydroxyl groups is 1. The van der Waals surface area contributed by atoms with Gasteiger partial charge in [-0.2, -0.15) is 5.10 Å². The van der Waals surface area contributed by atoms with E-state index in [1.165, 1.54) is 12.1 Å². The standard InChI is InChI=1S/C23H31N7O2.C6H6/c1-13-6-7-29(9-13)16-8-14(2)19-25-20(28-30(19)10-16)23-11-22(12-32-23,21(4,5)31)17(23)18-24-15(3)26-27-18;1-2-4-6-5-3-1/h8,10,13,17,31H,6-7,9,11-12H2,1-5H3,(H,24,26,27);1-6H. The molecule has 4 fully saturated rings. The molecule has 0 spiro atoms. The maximum Gasteiger partial charge on any atom is 0.184 e. The number of pyridine rings is 1. The summed E-state index contributed by atoms with van der Waals surface area (Å²) in [5.74, 6) is 2.55. The Morgan fingerprint density at radius 2 is 1.82 bits per heavy atom. The lowest BCUT2D eigenvalue weighted by Crippen LogP contribution is -2.61. The lowest BCUT2D eigenvalue weighted by molar-refractivity contribution is -0.137. The number of hydrogen-bond donors (Lipinski definition) is 2. The van der Waals surface area contributed by atoms with Crippen molar-refractivity contribution in [2.45, 2.75) is 64.6 Å². The van der Waals surface area contributed by atoms with E-state index in [4.69, 9.17) is 14.8 Å². The third-order valence-corrected chi connectivity index (χ3v) is 8.71. The van der Waals surface area contributed by atoms with E-state index in [0.717, 1.165) is 30.1 Å². The average molecular weight is 516 g/mol. The van der Waals surface area contributed by atoms with Crippen LogP contribution in [0.15, 0.2) is 48.7 Å². The van der Waals surface area contributed by atoms with Crippen molar-refractivity contribution in [1.82, 2.24) is 29.8 Å². The molecule has 9 nitrogen and oxygen atoms in total. The zero-order valence-electron chi connectivity index (χ0n) is 22.8. The summed E-state index contributed by atoms with van der Waals surface area (Å²) < 4.78 is 8.31. The molecule has 6 heterocycles. The second-order valence-corrected chi connectivity index (χ2v) is 11.9. The van der Waals surface area contributed by atoms with Crippen LogP contribution in [0.5, 0.6) is 0 Å². The van der Waals surface area contributed by atoms with E-state index in [-0.39, 0.29) is 5.92 Å². The van der Waals surface area contributed by atoms with Gasteiger partial charge in [-0.05, 0) is 58.1 Å². The van der Waals surface area contributed by atoms with Crippen molar-refractivity contribution in [3.05, 3.63) is 71.7 Å². The van der Waals surface area contributed by atoms with Gasteiger partial charge in [0.2, 0.25) is 0 Å². The van der Waals surface area contributed by atoms with Gasteiger partial charge < -0.3 is 14.7 Å². The molecule has 4 atom stereocenters. The minimum absolute atomic E-state index is 0.212. The molecule has 2 N–H and O–H groups in total. The predicted molar refractivity (Wildman–Crippen MR) is 145 cm³/mol. The molecule has 1 aliphatic carbocycles. The highest BCUT2D eigenvalue weighted by molar-refractivity contribution is 5.58. The van der Waals surface area contributed by atoms with Crippen LogP contribution in [0.25, 0.3) is 5.65 Å². The lowest BCUT2D eigenvalue weighted by atomic mass is 9.47. The number of aryl methyl sites for hydroxylation is 2. The first kappa shape index (κ1) is 25.0. The van der Waals surface area contributed by atoms with Gasteiger partial charge in [0, 0.05) is 18.5 Å². The van der Waals surface area contributed by atoms with Gasteiger partial charge in [0.1, 0.15) is 11.4 Å². The number of H-pyrrole nitrogens is 1. The van der Waals surface area contributed by atoms with Crippen LogP contribution in [0.4, 0.5) is 5.69 Å². The third kappa shape index (κ3) is 3.82. The Balaban J connectivity index is 0.000000390. The van der Waals surface area contributed by atoms with E-state index in [9.17, 15) is 5.11 Å². The van der Waals surface area contributed by atoms with Gasteiger partial charge in [0.25, 0.3) is 0 Å². The average Bonchev–Trinajstić information content (AvgIpc) is 3.68. The van der Waals surface area contributed by atoms with Crippen LogP contribution in [-0.4, -0.2) is 60.2 Å². The van der Waals surface area contributed by atoms with Crippen molar-refractivity contribution in [3.8, 4) is 0 Å². The Morgan fingerprint density at radius 1 is 1.11 bits per heavy atom. The van der Waals surface area contributed by atoms with E-state index < -0.39 is 16.6 Å². The van der Waals surface area contributed by atoms with Crippen molar-refractivity contribution in [1.29, 1.82) is 0 Å². The molecule has 2 bridgehead atoms. The highest BCUT2D eigenvalue weighted by atomic mass is 16.5. The third-order valence-electron chi connectivity index (χ3n) is 8.71. The van der Waals surface area contributed by atoms with Crippen molar-refractivity contribution in [2.24, 2.45) is 11.3 Å². The molecule has 3 aromatic heterocycles. The predicted octanol–water partition coefficient (Wildman–Crippen LogP) is 4.17. The molecule has 8 rings (SSSR count). The van der Waals surface area contributed by atoms with Gasteiger partial charge in [0.05, 0.1) is 30.0 Å². The molecule has 1 saturated carbocycles. The summed E-state index contributed by atoms with van der Waals surface area (Å²) in [4.78, 5) is 12.0. The van der Waals surface area contributed by atoms with Gasteiger partial charge >= 0.3 is 0 Å². The first-order valence-electron chi connectivity index (χ1n) is 13.5. The molecule has 9 heteroatoms. The lowest BCUT2D eigenvalue weighted by Gasteiger charge is -2.55. The number of ether oxygens (including phenoxy) is 1. The summed E-state index contributed by atoms with van der Waals surface area (Å²) in [5.41, 5.74) is 0.975. The molecule has 0 amide bonds. The Hall–Kier alpha value is -3.30. The van der Waals surface area contributed by atoms with E-state index in [1.54, 1.807) is 0 Å². The Labute approximate surface area is 223 Å². The summed E-state index contributed by atoms with van der Waals surface area (Å²) in [6.07, 6.45) is 3.94. The van der Waals surface area contributed by atoms with Crippen LogP contribution >= 0.6 is 0 Å². The van der Waals surface area contributed by atoms with Gasteiger partial charge in [-0.25, -0.2) is 14.5 Å². The topological polar surface area (TPSA) is 104 Å². The monoisotopic (exact) mass is 515 g/mol. The van der Waals surface area contributed by atoms with Crippen molar-refractivity contribution < 1.29 is 9.84 Å². The molecule has 0 radical (unpaired) electrons. The molecular formula is C29H37N7O2. The Kier molecular flexibility index (Phi) is 5.84. The number of benzene rings is 1. The maximum absolute atomic E-state index is 11.1. The number of rotatable bonds is 4. The van der Waals surface area contributed by atoms with Gasteiger partial charge in [0.15, 0.2) is 17.3 Å². The fourth-order valence-corrected chi connectivity index (χ4v) is 6.52. The number of aromatic nitrogens is 6. The van der Waals surface area contributed by atoms with E-state index in [1.807, 2.05) is 61.7 Å². The van der Waals surface area contributed by atoms with Crippen molar-refractivity contribution in [2.75, 3.05) is 24.6 Å². The smallest absolute Gasteiger partial charge is 0.184 e. The van der Waals surface area contributed by atoms with E-state index in [2.05, 4.69) is 46.2 Å². The summed E-state index contributed by atoms with van der Waals surface area (Å²) >= 11 is 0. The summed E-state index contributed by atoms with van der Waals surface area (Å²) in [5, 5.41) is 23.4. The van der Waals surface area contributed by atoms with Crippen LogP contribution in [0, 0.1) is 25.2 Å². The highest BCUT2D eigenvalue weighted by Gasteiger charge is 2.78. The molecule has 38 heavy (non-hydrogen) atoms. The van der Waals surface area contributed by atoms with Crippen LogP contribution in [0.1, 0.15) is 62.6 Å². The molecule has 3 aliphatic heterocycles. The second-order valence-electron chi connectivity index (χ2n) is 11.9. The fourth-order valence-electron chi connectivity index (χ4n) is 6.52. The normalized spacial score (nSPS) is 28.3. The quantitative estimate of drug-likeness (QED) is 0.420. The van der Waals surface area contributed by atoms with E-state index >= 15 is 0 Å². The van der Waals surface area contributed by atoms with Crippen LogP contribution < -0.4 is 4.90 Å². The van der Waals surface area contributed by atoms with Gasteiger partial charge in [-0.3, -0.25) is 5.10 Å². The van der Waals surface area contributed by atoms with Gasteiger partial charge in [-0.1, -0.05) is 43.3 Å². The van der Waals surface area contributed by atoms with Crippen LogP contribution in [-0.2, 0) is 10.3 Å².